The van der Waals surface area contributed by atoms with Gasteiger partial charge in [0.2, 0.25) is 0 Å². The molecule has 0 radical (unpaired) electrons. The minimum atomic E-state index is -0.765. The zero-order valence-electron chi connectivity index (χ0n) is 16.2. The number of methoxy groups -OCH3 is 1. The standard InChI is InChI=1S/C19H22N4O5/c1-5-21-17(24)15-16(20-11-22(15)12(3)18(25)28-6-2)23(19(21)26)13-8-7-9-14(10-13)27-4/h7-12H,5-6H2,1-4H3. The molecule has 9 heteroatoms. The third kappa shape index (κ3) is 3.08. The Morgan fingerprint density at radius 2 is 2.00 bits per heavy atom. The molecular formula is C19H22N4O5. The quantitative estimate of drug-likeness (QED) is 0.596. The molecule has 1 atom stereocenters. The molecule has 0 N–H and O–H groups in total. The Balaban J connectivity index is 2.35. The zero-order chi connectivity index (χ0) is 20.4. The highest BCUT2D eigenvalue weighted by Gasteiger charge is 2.24. The number of rotatable bonds is 6. The summed E-state index contributed by atoms with van der Waals surface area (Å²) in [7, 11) is 1.53. The highest BCUT2D eigenvalue weighted by molar-refractivity contribution is 5.79. The number of benzene rings is 1. The molecule has 9 nitrogen and oxygen atoms in total. The number of esters is 1. The van der Waals surface area contributed by atoms with Gasteiger partial charge in [-0.05, 0) is 32.9 Å². The van der Waals surface area contributed by atoms with E-state index in [1.807, 2.05) is 0 Å². The summed E-state index contributed by atoms with van der Waals surface area (Å²) < 4.78 is 14.2. The monoisotopic (exact) mass is 386 g/mol. The first-order valence-corrected chi connectivity index (χ1v) is 8.98. The van der Waals surface area contributed by atoms with Gasteiger partial charge in [0.05, 0.1) is 25.7 Å². The Morgan fingerprint density at radius 3 is 2.64 bits per heavy atom. The number of carbonyl (C=O) groups is 1. The minimum absolute atomic E-state index is 0.157. The number of hydrogen-bond donors (Lipinski definition) is 0. The molecule has 0 aliphatic rings. The number of hydrogen-bond acceptors (Lipinski definition) is 6. The lowest BCUT2D eigenvalue weighted by Crippen LogP contribution is -2.40. The van der Waals surface area contributed by atoms with Crippen LogP contribution in [0.1, 0.15) is 26.8 Å². The van der Waals surface area contributed by atoms with Crippen LogP contribution < -0.4 is 16.0 Å². The molecule has 0 amide bonds. The van der Waals surface area contributed by atoms with Crippen LogP contribution in [0.25, 0.3) is 16.9 Å². The first kappa shape index (κ1) is 19.4. The van der Waals surface area contributed by atoms with Gasteiger partial charge in [-0.2, -0.15) is 0 Å². The molecular weight excluding hydrogens is 364 g/mol. The Morgan fingerprint density at radius 1 is 1.25 bits per heavy atom. The summed E-state index contributed by atoms with van der Waals surface area (Å²) in [5.41, 5.74) is -0.183. The van der Waals surface area contributed by atoms with Crippen molar-refractivity contribution in [2.24, 2.45) is 0 Å². The van der Waals surface area contributed by atoms with Crippen molar-refractivity contribution in [1.29, 1.82) is 0 Å². The smallest absolute Gasteiger partial charge is 0.337 e. The molecule has 2 heterocycles. The summed E-state index contributed by atoms with van der Waals surface area (Å²) in [4.78, 5) is 42.4. The fraction of sp³-hybridized carbons (Fsp3) is 0.368. The summed E-state index contributed by atoms with van der Waals surface area (Å²) in [5.74, 6) is 0.0782. The van der Waals surface area contributed by atoms with E-state index in [1.165, 1.54) is 22.6 Å². The van der Waals surface area contributed by atoms with Crippen molar-refractivity contribution in [2.75, 3.05) is 13.7 Å². The lowest BCUT2D eigenvalue weighted by molar-refractivity contribution is -0.146. The molecule has 3 aromatic rings. The van der Waals surface area contributed by atoms with Crippen LogP contribution in [0.5, 0.6) is 5.75 Å². The summed E-state index contributed by atoms with van der Waals surface area (Å²) in [5, 5.41) is 0. The average molecular weight is 386 g/mol. The summed E-state index contributed by atoms with van der Waals surface area (Å²) in [6.07, 6.45) is 1.38. The SMILES string of the molecule is CCOC(=O)C(C)n1cnc2c1c(=O)n(CC)c(=O)n2-c1cccc(OC)c1. The predicted molar refractivity (Wildman–Crippen MR) is 103 cm³/mol. The van der Waals surface area contributed by atoms with Gasteiger partial charge >= 0.3 is 11.7 Å². The van der Waals surface area contributed by atoms with Crippen molar-refractivity contribution in [3.05, 3.63) is 51.4 Å². The minimum Gasteiger partial charge on any atom is -0.497 e. The second kappa shape index (κ2) is 7.71. The van der Waals surface area contributed by atoms with E-state index < -0.39 is 23.3 Å². The van der Waals surface area contributed by atoms with Gasteiger partial charge in [-0.25, -0.2) is 19.1 Å². The first-order valence-electron chi connectivity index (χ1n) is 8.98. The second-order valence-electron chi connectivity index (χ2n) is 6.12. The van der Waals surface area contributed by atoms with Crippen LogP contribution >= 0.6 is 0 Å². The molecule has 0 fully saturated rings. The van der Waals surface area contributed by atoms with Gasteiger partial charge < -0.3 is 14.0 Å². The van der Waals surface area contributed by atoms with Crippen LogP contribution in [-0.4, -0.2) is 38.4 Å². The predicted octanol–water partition coefficient (Wildman–Crippen LogP) is 1.50. The summed E-state index contributed by atoms with van der Waals surface area (Å²) in [6.45, 7) is 5.44. The molecule has 148 valence electrons. The molecule has 28 heavy (non-hydrogen) atoms. The van der Waals surface area contributed by atoms with E-state index in [2.05, 4.69) is 4.98 Å². The lowest BCUT2D eigenvalue weighted by atomic mass is 10.3. The number of ether oxygens (including phenoxy) is 2. The van der Waals surface area contributed by atoms with Crippen molar-refractivity contribution in [3.63, 3.8) is 0 Å². The van der Waals surface area contributed by atoms with Gasteiger partial charge in [0.1, 0.15) is 11.8 Å². The average Bonchev–Trinajstić information content (AvgIpc) is 3.13. The zero-order valence-corrected chi connectivity index (χ0v) is 16.2. The van der Waals surface area contributed by atoms with E-state index >= 15 is 0 Å². The Bertz CT molecular complexity index is 1140. The second-order valence-corrected chi connectivity index (χ2v) is 6.12. The molecule has 2 aromatic heterocycles. The highest BCUT2D eigenvalue weighted by atomic mass is 16.5. The number of nitrogens with zero attached hydrogens (tertiary/aromatic N) is 4. The van der Waals surface area contributed by atoms with Crippen LogP contribution in [-0.2, 0) is 16.1 Å². The Labute approximate surface area is 160 Å². The maximum absolute atomic E-state index is 13.0. The molecule has 0 saturated heterocycles. The lowest BCUT2D eigenvalue weighted by Gasteiger charge is -2.15. The fourth-order valence-corrected chi connectivity index (χ4v) is 3.08. The van der Waals surface area contributed by atoms with Crippen LogP contribution in [0.3, 0.4) is 0 Å². The van der Waals surface area contributed by atoms with E-state index in [4.69, 9.17) is 9.47 Å². The van der Waals surface area contributed by atoms with Gasteiger partial charge in [0, 0.05) is 12.6 Å². The van der Waals surface area contributed by atoms with E-state index in [9.17, 15) is 14.4 Å². The third-order valence-electron chi connectivity index (χ3n) is 4.53. The fourth-order valence-electron chi connectivity index (χ4n) is 3.08. The molecule has 3 rings (SSSR count). The Kier molecular flexibility index (Phi) is 5.34. The molecule has 0 aliphatic carbocycles. The highest BCUT2D eigenvalue weighted by Crippen LogP contribution is 2.20. The van der Waals surface area contributed by atoms with E-state index in [1.54, 1.807) is 45.0 Å². The topological polar surface area (TPSA) is 97.4 Å². The Hall–Kier alpha value is -3.36. The van der Waals surface area contributed by atoms with Gasteiger partial charge in [-0.3, -0.25) is 9.36 Å². The number of imidazole rings is 1. The normalized spacial score (nSPS) is 12.1. The van der Waals surface area contributed by atoms with Crippen molar-refractivity contribution < 1.29 is 14.3 Å². The van der Waals surface area contributed by atoms with Gasteiger partial charge in [0.15, 0.2) is 11.2 Å². The summed E-state index contributed by atoms with van der Waals surface area (Å²) >= 11 is 0. The maximum atomic E-state index is 13.0. The van der Waals surface area contributed by atoms with Crippen molar-refractivity contribution in [1.82, 2.24) is 18.7 Å². The van der Waals surface area contributed by atoms with Crippen LogP contribution in [0, 0.1) is 0 Å². The van der Waals surface area contributed by atoms with Gasteiger partial charge in [-0.15, -0.1) is 0 Å². The first-order chi connectivity index (χ1) is 13.4. The van der Waals surface area contributed by atoms with Gasteiger partial charge in [0.25, 0.3) is 5.56 Å². The largest absolute Gasteiger partial charge is 0.497 e. The molecule has 1 unspecified atom stereocenters. The van der Waals surface area contributed by atoms with Crippen molar-refractivity contribution in [2.45, 2.75) is 33.4 Å². The van der Waals surface area contributed by atoms with Crippen molar-refractivity contribution >= 4 is 17.1 Å². The van der Waals surface area contributed by atoms with E-state index in [0.717, 1.165) is 4.57 Å². The molecule has 1 aromatic carbocycles. The molecule has 0 aliphatic heterocycles. The molecule has 0 spiro atoms. The maximum Gasteiger partial charge on any atom is 0.337 e. The number of carbonyl (C=O) groups excluding carboxylic acids is 1. The molecule has 0 bridgehead atoms. The third-order valence-corrected chi connectivity index (χ3v) is 4.53. The molecule has 0 saturated carbocycles. The van der Waals surface area contributed by atoms with Gasteiger partial charge in [-0.1, -0.05) is 6.07 Å². The summed E-state index contributed by atoms with van der Waals surface area (Å²) in [6, 6.07) is 6.13. The van der Waals surface area contributed by atoms with E-state index in [0.29, 0.717) is 11.4 Å². The number of fused-ring (bicyclic) bond motifs is 1. The van der Waals surface area contributed by atoms with Crippen LogP contribution in [0.15, 0.2) is 40.2 Å². The van der Waals surface area contributed by atoms with Crippen LogP contribution in [0.4, 0.5) is 0 Å². The number of aromatic nitrogens is 4. The van der Waals surface area contributed by atoms with E-state index in [-0.39, 0.29) is 24.3 Å². The van der Waals surface area contributed by atoms with Crippen LogP contribution in [0.2, 0.25) is 0 Å². The van der Waals surface area contributed by atoms with Crippen molar-refractivity contribution in [3.8, 4) is 11.4 Å².